The van der Waals surface area contributed by atoms with Gasteiger partial charge in [-0.1, -0.05) is 30.7 Å². The van der Waals surface area contributed by atoms with Gasteiger partial charge in [-0.3, -0.25) is 14.9 Å². The molecule has 0 saturated heterocycles. The van der Waals surface area contributed by atoms with Crippen molar-refractivity contribution in [2.75, 3.05) is 6.61 Å². The molecule has 0 aliphatic carbocycles. The van der Waals surface area contributed by atoms with E-state index in [1.54, 1.807) is 24.3 Å². The van der Waals surface area contributed by atoms with Gasteiger partial charge in [0.05, 0.1) is 17.6 Å². The Balaban J connectivity index is 2.26. The quantitative estimate of drug-likeness (QED) is 0.505. The van der Waals surface area contributed by atoms with Crippen LogP contribution in [0.25, 0.3) is 0 Å². The normalized spacial score (nSPS) is 11.5. The van der Waals surface area contributed by atoms with Crippen molar-refractivity contribution in [1.29, 1.82) is 0 Å². The zero-order valence-electron chi connectivity index (χ0n) is 15.0. The topological polar surface area (TPSA) is 122 Å². The zero-order valence-corrected chi connectivity index (χ0v) is 15.8. The molecule has 0 spiro atoms. The molecule has 0 saturated carbocycles. The number of rotatable bonds is 9. The van der Waals surface area contributed by atoms with Crippen LogP contribution < -0.4 is 15.2 Å². The Morgan fingerprint density at radius 2 is 1.89 bits per heavy atom. The first-order valence-corrected chi connectivity index (χ1v) is 8.87. The summed E-state index contributed by atoms with van der Waals surface area (Å²) in [7, 11) is 0. The molecular formula is C19H18ClN2O6-. The molecule has 148 valence electrons. The Morgan fingerprint density at radius 1 is 1.21 bits per heavy atom. The van der Waals surface area contributed by atoms with Crippen molar-refractivity contribution in [2.45, 2.75) is 25.8 Å². The third-order valence-electron chi connectivity index (χ3n) is 3.83. The molecule has 0 bridgehead atoms. The second-order valence-corrected chi connectivity index (χ2v) is 6.37. The number of hydrogen-bond acceptors (Lipinski definition) is 6. The van der Waals surface area contributed by atoms with Gasteiger partial charge >= 0.3 is 0 Å². The molecule has 9 heteroatoms. The number of carboxylic acid groups (broad SMARTS) is 1. The van der Waals surface area contributed by atoms with Crippen molar-refractivity contribution in [3.63, 3.8) is 0 Å². The average Bonchev–Trinajstić information content (AvgIpc) is 2.65. The minimum absolute atomic E-state index is 0.109. The van der Waals surface area contributed by atoms with Crippen LogP contribution in [0.2, 0.25) is 5.02 Å². The summed E-state index contributed by atoms with van der Waals surface area (Å²) in [5.74, 6) is -1.55. The minimum atomic E-state index is -1.37. The first-order chi connectivity index (χ1) is 13.3. The van der Waals surface area contributed by atoms with Crippen molar-refractivity contribution in [1.82, 2.24) is 5.32 Å². The van der Waals surface area contributed by atoms with Gasteiger partial charge in [0.25, 0.3) is 11.6 Å². The molecule has 0 heterocycles. The highest BCUT2D eigenvalue weighted by molar-refractivity contribution is 6.31. The highest BCUT2D eigenvalue weighted by Gasteiger charge is 2.23. The number of nitrogens with one attached hydrogen (secondary N) is 1. The van der Waals surface area contributed by atoms with E-state index in [-0.39, 0.29) is 10.6 Å². The van der Waals surface area contributed by atoms with Crippen LogP contribution in [0.1, 0.15) is 41.7 Å². The lowest BCUT2D eigenvalue weighted by Gasteiger charge is -2.20. The van der Waals surface area contributed by atoms with Gasteiger partial charge in [-0.2, -0.15) is 0 Å². The lowest BCUT2D eigenvalue weighted by atomic mass is 10.0. The van der Waals surface area contributed by atoms with Crippen LogP contribution in [0, 0.1) is 10.1 Å². The van der Waals surface area contributed by atoms with E-state index in [0.717, 1.165) is 12.5 Å². The van der Waals surface area contributed by atoms with Gasteiger partial charge in [-0.15, -0.1) is 0 Å². The molecule has 0 aromatic heterocycles. The number of ether oxygens (including phenoxy) is 1. The van der Waals surface area contributed by atoms with E-state index in [1.807, 2.05) is 6.92 Å². The number of halogens is 1. The largest absolute Gasteiger partial charge is 0.550 e. The van der Waals surface area contributed by atoms with Crippen LogP contribution in [-0.2, 0) is 4.79 Å². The second-order valence-electron chi connectivity index (χ2n) is 5.94. The maximum atomic E-state index is 12.6. The summed E-state index contributed by atoms with van der Waals surface area (Å²) < 4.78 is 5.47. The molecule has 1 amide bonds. The molecule has 0 fully saturated rings. The van der Waals surface area contributed by atoms with Gasteiger partial charge in [0, 0.05) is 23.5 Å². The monoisotopic (exact) mass is 405 g/mol. The predicted octanol–water partition coefficient (Wildman–Crippen LogP) is 2.65. The molecular weight excluding hydrogens is 388 g/mol. The summed E-state index contributed by atoms with van der Waals surface area (Å²) in [5, 5.41) is 24.9. The maximum Gasteiger partial charge on any atom is 0.283 e. The lowest BCUT2D eigenvalue weighted by Crippen LogP contribution is -2.34. The Hall–Kier alpha value is -3.13. The van der Waals surface area contributed by atoms with Crippen molar-refractivity contribution in [3.05, 3.63) is 68.7 Å². The summed E-state index contributed by atoms with van der Waals surface area (Å²) in [6.07, 6.45) is 0.341. The van der Waals surface area contributed by atoms with Gasteiger partial charge in [0.2, 0.25) is 0 Å². The zero-order chi connectivity index (χ0) is 20.7. The van der Waals surface area contributed by atoms with Crippen LogP contribution in [0.3, 0.4) is 0 Å². The van der Waals surface area contributed by atoms with Gasteiger partial charge in [0.15, 0.2) is 0 Å². The number of carbonyl (C=O) groups is 2. The third-order valence-corrected chi connectivity index (χ3v) is 4.07. The molecule has 0 aliphatic heterocycles. The molecule has 0 unspecified atom stereocenters. The van der Waals surface area contributed by atoms with Crippen LogP contribution in [0.15, 0.2) is 42.5 Å². The van der Waals surface area contributed by atoms with Crippen LogP contribution >= 0.6 is 11.6 Å². The van der Waals surface area contributed by atoms with E-state index < -0.39 is 34.9 Å². The molecule has 1 N–H and O–H groups in total. The number of aliphatic carboxylic acids is 1. The number of carbonyl (C=O) groups excluding carboxylic acids is 2. The summed E-state index contributed by atoms with van der Waals surface area (Å²) in [6.45, 7) is 2.51. The highest BCUT2D eigenvalue weighted by atomic mass is 35.5. The number of nitrogens with zero attached hydrogens (tertiary/aromatic N) is 1. The van der Waals surface area contributed by atoms with E-state index >= 15 is 0 Å². The fourth-order valence-electron chi connectivity index (χ4n) is 2.52. The number of benzene rings is 2. The smallest absolute Gasteiger partial charge is 0.283 e. The molecule has 1 atom stereocenters. The standard InChI is InChI=1S/C19H19ClN2O6/c1-2-9-28-14-6-3-12(4-7-14)16(11-18(23)24)21-19(25)15-8-5-13(20)10-17(15)22(26)27/h3-8,10,16H,2,9,11H2,1H3,(H,21,25)(H,23,24)/p-1/t16-/m0/s1. The lowest BCUT2D eigenvalue weighted by molar-refractivity contribution is -0.385. The van der Waals surface area contributed by atoms with Crippen LogP contribution in [0.4, 0.5) is 5.69 Å². The molecule has 0 radical (unpaired) electrons. The van der Waals surface area contributed by atoms with E-state index in [4.69, 9.17) is 16.3 Å². The number of nitro benzene ring substituents is 1. The first-order valence-electron chi connectivity index (χ1n) is 8.49. The highest BCUT2D eigenvalue weighted by Crippen LogP contribution is 2.25. The summed E-state index contributed by atoms with van der Waals surface area (Å²) in [4.78, 5) is 34.1. The molecule has 2 rings (SSSR count). The molecule has 28 heavy (non-hydrogen) atoms. The van der Waals surface area contributed by atoms with Crippen molar-refractivity contribution in [2.24, 2.45) is 0 Å². The maximum absolute atomic E-state index is 12.6. The SMILES string of the molecule is CCCOc1ccc([C@H](CC(=O)[O-])NC(=O)c2ccc(Cl)cc2[N+](=O)[O-])cc1. The summed E-state index contributed by atoms with van der Waals surface area (Å²) >= 11 is 5.75. The Kier molecular flexibility index (Phi) is 7.34. The number of nitro groups is 1. The Morgan fingerprint density at radius 3 is 2.46 bits per heavy atom. The van der Waals surface area contributed by atoms with Crippen molar-refractivity contribution in [3.8, 4) is 5.75 Å². The molecule has 0 aliphatic rings. The predicted molar refractivity (Wildman–Crippen MR) is 100 cm³/mol. The van der Waals surface area contributed by atoms with Gasteiger partial charge in [0.1, 0.15) is 11.3 Å². The number of amides is 1. The van der Waals surface area contributed by atoms with Gasteiger partial charge < -0.3 is 20.0 Å². The van der Waals surface area contributed by atoms with E-state index in [0.29, 0.717) is 17.9 Å². The minimum Gasteiger partial charge on any atom is -0.550 e. The summed E-state index contributed by atoms with van der Waals surface area (Å²) in [6, 6.07) is 9.24. The number of hydrogen-bond donors (Lipinski definition) is 1. The molecule has 8 nitrogen and oxygen atoms in total. The molecule has 2 aromatic carbocycles. The van der Waals surface area contributed by atoms with E-state index in [9.17, 15) is 24.8 Å². The van der Waals surface area contributed by atoms with E-state index in [2.05, 4.69) is 5.32 Å². The molecule has 2 aromatic rings. The fourth-order valence-corrected chi connectivity index (χ4v) is 2.69. The average molecular weight is 406 g/mol. The van der Waals surface area contributed by atoms with Crippen LogP contribution in [0.5, 0.6) is 5.75 Å². The third kappa shape index (κ3) is 5.68. The Bertz CT molecular complexity index is 869. The number of carboxylic acids is 1. The van der Waals surface area contributed by atoms with Crippen molar-refractivity contribution < 1.29 is 24.4 Å². The van der Waals surface area contributed by atoms with Crippen molar-refractivity contribution >= 4 is 29.2 Å². The van der Waals surface area contributed by atoms with Crippen LogP contribution in [-0.4, -0.2) is 23.4 Å². The van der Waals surface area contributed by atoms with E-state index in [1.165, 1.54) is 12.1 Å². The first kappa shape index (κ1) is 21.2. The fraction of sp³-hybridized carbons (Fsp3) is 0.263. The summed E-state index contributed by atoms with van der Waals surface area (Å²) in [5.41, 5.74) is -0.195. The van der Waals surface area contributed by atoms with Gasteiger partial charge in [-0.25, -0.2) is 0 Å². The Labute approximate surface area is 166 Å². The van der Waals surface area contributed by atoms with Gasteiger partial charge in [-0.05, 0) is 36.2 Å². The second kappa shape index (κ2) is 9.70.